The van der Waals surface area contributed by atoms with E-state index in [1.165, 1.54) is 12.8 Å². The number of ether oxygens (including phenoxy) is 1. The maximum atomic E-state index is 13.0. The molecule has 3 heteroatoms. The van der Waals surface area contributed by atoms with E-state index in [2.05, 4.69) is 32.6 Å². The van der Waals surface area contributed by atoms with Crippen LogP contribution in [0.25, 0.3) is 0 Å². The number of hydrogen-bond donors (Lipinski definition) is 0. The lowest BCUT2D eigenvalue weighted by Crippen LogP contribution is -2.45. The van der Waals surface area contributed by atoms with Crippen molar-refractivity contribution >= 4 is 5.91 Å². The Morgan fingerprint density at radius 2 is 2.10 bits per heavy atom. The normalized spacial score (nSPS) is 26.4. The highest BCUT2D eigenvalue weighted by atomic mass is 16.5. The van der Waals surface area contributed by atoms with Crippen molar-refractivity contribution in [3.05, 3.63) is 0 Å². The monoisotopic (exact) mass is 281 g/mol. The van der Waals surface area contributed by atoms with Crippen LogP contribution in [0.15, 0.2) is 0 Å². The van der Waals surface area contributed by atoms with E-state index in [0.717, 1.165) is 39.1 Å². The van der Waals surface area contributed by atoms with Crippen molar-refractivity contribution in [1.82, 2.24) is 4.90 Å². The summed E-state index contributed by atoms with van der Waals surface area (Å²) < 4.78 is 5.62. The SMILES string of the molecule is CCN(CC1(C)CC1)C(=O)C(C(C)C)C1CCCOC1. The van der Waals surface area contributed by atoms with E-state index in [0.29, 0.717) is 23.2 Å². The van der Waals surface area contributed by atoms with Gasteiger partial charge in [-0.25, -0.2) is 0 Å². The number of hydrogen-bond acceptors (Lipinski definition) is 2. The third-order valence-electron chi connectivity index (χ3n) is 5.08. The van der Waals surface area contributed by atoms with Crippen molar-refractivity contribution in [1.29, 1.82) is 0 Å². The average molecular weight is 281 g/mol. The van der Waals surface area contributed by atoms with E-state index >= 15 is 0 Å². The molecule has 3 nitrogen and oxygen atoms in total. The molecular weight excluding hydrogens is 250 g/mol. The summed E-state index contributed by atoms with van der Waals surface area (Å²) in [5.41, 5.74) is 0.399. The van der Waals surface area contributed by atoms with Gasteiger partial charge in [0.25, 0.3) is 0 Å². The molecule has 0 aromatic carbocycles. The zero-order chi connectivity index (χ0) is 14.8. The maximum absolute atomic E-state index is 13.0. The second-order valence-electron chi connectivity index (χ2n) is 7.41. The Morgan fingerprint density at radius 1 is 1.40 bits per heavy atom. The van der Waals surface area contributed by atoms with Crippen LogP contribution in [0.5, 0.6) is 0 Å². The van der Waals surface area contributed by atoms with Crippen LogP contribution >= 0.6 is 0 Å². The standard InChI is InChI=1S/C17H31NO2/c1-5-18(12-17(4)8-9-17)16(19)15(13(2)3)14-7-6-10-20-11-14/h13-15H,5-12H2,1-4H3. The van der Waals surface area contributed by atoms with Crippen molar-refractivity contribution in [2.24, 2.45) is 23.2 Å². The largest absolute Gasteiger partial charge is 0.381 e. The van der Waals surface area contributed by atoms with Crippen LogP contribution < -0.4 is 0 Å². The van der Waals surface area contributed by atoms with E-state index in [1.54, 1.807) is 0 Å². The molecular formula is C17H31NO2. The fourth-order valence-electron chi connectivity index (χ4n) is 3.47. The molecule has 0 spiro atoms. The van der Waals surface area contributed by atoms with Gasteiger partial charge in [0.2, 0.25) is 5.91 Å². The Hall–Kier alpha value is -0.570. The fraction of sp³-hybridized carbons (Fsp3) is 0.941. The topological polar surface area (TPSA) is 29.5 Å². The Morgan fingerprint density at radius 3 is 2.55 bits per heavy atom. The highest BCUT2D eigenvalue weighted by molar-refractivity contribution is 5.79. The number of carbonyl (C=O) groups excluding carboxylic acids is 1. The smallest absolute Gasteiger partial charge is 0.226 e. The number of rotatable bonds is 6. The van der Waals surface area contributed by atoms with Gasteiger partial charge in [-0.15, -0.1) is 0 Å². The predicted octanol–water partition coefficient (Wildman–Crippen LogP) is 3.33. The van der Waals surface area contributed by atoms with Crippen LogP contribution in [0.4, 0.5) is 0 Å². The molecule has 1 amide bonds. The summed E-state index contributed by atoms with van der Waals surface area (Å²) in [6.45, 7) is 12.2. The average Bonchev–Trinajstić information content (AvgIpc) is 3.15. The van der Waals surface area contributed by atoms with Crippen LogP contribution in [-0.4, -0.2) is 37.1 Å². The lowest BCUT2D eigenvalue weighted by atomic mass is 9.79. The molecule has 2 unspecified atom stereocenters. The van der Waals surface area contributed by atoms with Gasteiger partial charge in [-0.05, 0) is 49.9 Å². The van der Waals surface area contributed by atoms with Crippen LogP contribution in [0.1, 0.15) is 53.4 Å². The van der Waals surface area contributed by atoms with Gasteiger partial charge >= 0.3 is 0 Å². The first-order chi connectivity index (χ1) is 9.47. The van der Waals surface area contributed by atoms with Crippen LogP contribution in [0.3, 0.4) is 0 Å². The molecule has 20 heavy (non-hydrogen) atoms. The van der Waals surface area contributed by atoms with Crippen molar-refractivity contribution in [2.75, 3.05) is 26.3 Å². The molecule has 0 radical (unpaired) electrons. The van der Waals surface area contributed by atoms with Gasteiger partial charge in [0.05, 0.1) is 6.61 Å². The molecule has 1 aliphatic carbocycles. The molecule has 2 fully saturated rings. The molecule has 1 saturated heterocycles. The van der Waals surface area contributed by atoms with Gasteiger partial charge in [-0.1, -0.05) is 20.8 Å². The number of carbonyl (C=O) groups is 1. The van der Waals surface area contributed by atoms with Gasteiger partial charge in [-0.3, -0.25) is 4.79 Å². The molecule has 1 aliphatic heterocycles. The lowest BCUT2D eigenvalue weighted by molar-refractivity contribution is -0.142. The van der Waals surface area contributed by atoms with E-state index < -0.39 is 0 Å². The minimum Gasteiger partial charge on any atom is -0.381 e. The molecule has 2 atom stereocenters. The predicted molar refractivity (Wildman–Crippen MR) is 81.5 cm³/mol. The highest BCUT2D eigenvalue weighted by Crippen LogP contribution is 2.46. The highest BCUT2D eigenvalue weighted by Gasteiger charge is 2.42. The zero-order valence-electron chi connectivity index (χ0n) is 13.7. The molecule has 116 valence electrons. The quantitative estimate of drug-likeness (QED) is 0.747. The van der Waals surface area contributed by atoms with Gasteiger partial charge in [0, 0.05) is 25.6 Å². The van der Waals surface area contributed by atoms with E-state index in [1.807, 2.05) is 0 Å². The lowest BCUT2D eigenvalue weighted by Gasteiger charge is -2.36. The van der Waals surface area contributed by atoms with Crippen LogP contribution in [0, 0.1) is 23.2 Å². The number of nitrogens with zero attached hydrogens (tertiary/aromatic N) is 1. The molecule has 2 aliphatic rings. The van der Waals surface area contributed by atoms with Crippen LogP contribution in [0.2, 0.25) is 0 Å². The van der Waals surface area contributed by atoms with Gasteiger partial charge in [0.1, 0.15) is 0 Å². The zero-order valence-corrected chi connectivity index (χ0v) is 13.7. The van der Waals surface area contributed by atoms with E-state index in [4.69, 9.17) is 4.74 Å². The Labute approximate surface area is 124 Å². The first-order valence-electron chi connectivity index (χ1n) is 8.33. The van der Waals surface area contributed by atoms with Crippen molar-refractivity contribution in [3.8, 4) is 0 Å². The summed E-state index contributed by atoms with van der Waals surface area (Å²) in [5, 5.41) is 0. The van der Waals surface area contributed by atoms with E-state index in [9.17, 15) is 4.79 Å². The summed E-state index contributed by atoms with van der Waals surface area (Å²) in [7, 11) is 0. The molecule has 0 bridgehead atoms. The second kappa shape index (κ2) is 6.46. The first kappa shape index (κ1) is 15.8. The van der Waals surface area contributed by atoms with Crippen molar-refractivity contribution < 1.29 is 9.53 Å². The summed E-state index contributed by atoms with van der Waals surface area (Å²) in [6.07, 6.45) is 4.79. The molecule has 2 rings (SSSR count). The Bertz CT molecular complexity index is 330. The third kappa shape index (κ3) is 3.75. The Kier molecular flexibility index (Phi) is 5.11. The summed E-state index contributed by atoms with van der Waals surface area (Å²) in [6, 6.07) is 0. The molecule has 0 aromatic heterocycles. The van der Waals surface area contributed by atoms with Gasteiger partial charge in [-0.2, -0.15) is 0 Å². The first-order valence-corrected chi connectivity index (χ1v) is 8.33. The number of amides is 1. The summed E-state index contributed by atoms with van der Waals surface area (Å²) in [4.78, 5) is 15.1. The molecule has 0 N–H and O–H groups in total. The summed E-state index contributed by atoms with van der Waals surface area (Å²) >= 11 is 0. The minimum atomic E-state index is 0.137. The van der Waals surface area contributed by atoms with Gasteiger partial charge in [0.15, 0.2) is 0 Å². The van der Waals surface area contributed by atoms with Crippen molar-refractivity contribution in [2.45, 2.75) is 53.4 Å². The van der Waals surface area contributed by atoms with E-state index in [-0.39, 0.29) is 5.92 Å². The molecule has 1 saturated carbocycles. The third-order valence-corrected chi connectivity index (χ3v) is 5.08. The summed E-state index contributed by atoms with van der Waals surface area (Å²) in [5.74, 6) is 1.32. The Balaban J connectivity index is 2.03. The van der Waals surface area contributed by atoms with Crippen LogP contribution in [-0.2, 0) is 9.53 Å². The second-order valence-corrected chi connectivity index (χ2v) is 7.41. The molecule has 1 heterocycles. The molecule has 0 aromatic rings. The fourth-order valence-corrected chi connectivity index (χ4v) is 3.47. The minimum absolute atomic E-state index is 0.137. The van der Waals surface area contributed by atoms with Crippen molar-refractivity contribution in [3.63, 3.8) is 0 Å². The maximum Gasteiger partial charge on any atom is 0.226 e. The van der Waals surface area contributed by atoms with Gasteiger partial charge < -0.3 is 9.64 Å².